The summed E-state index contributed by atoms with van der Waals surface area (Å²) in [5.74, 6) is -0.371. The zero-order chi connectivity index (χ0) is 27.2. The maximum absolute atomic E-state index is 13.7. The van der Waals surface area contributed by atoms with Gasteiger partial charge in [-0.15, -0.1) is 0 Å². The van der Waals surface area contributed by atoms with Gasteiger partial charge >= 0.3 is 0 Å². The first-order valence-corrected chi connectivity index (χ1v) is 14.8. The fourth-order valence-electron chi connectivity index (χ4n) is 4.37. The number of ether oxygens (including phenoxy) is 1. The van der Waals surface area contributed by atoms with E-state index >= 15 is 0 Å². The van der Waals surface area contributed by atoms with E-state index in [1.165, 1.54) is 18.1 Å². The van der Waals surface area contributed by atoms with Crippen LogP contribution in [-0.4, -0.2) is 57.1 Å². The Morgan fingerprint density at radius 3 is 2.41 bits per heavy atom. The number of carbonyl (C=O) groups is 2. The molecule has 0 spiro atoms. The largest absolute Gasteiger partial charge is 0.497 e. The Balaban J connectivity index is 1.89. The van der Waals surface area contributed by atoms with E-state index in [-0.39, 0.29) is 24.2 Å². The van der Waals surface area contributed by atoms with Crippen molar-refractivity contribution in [3.05, 3.63) is 58.1 Å². The summed E-state index contributed by atoms with van der Waals surface area (Å²) < 4.78 is 31.6. The van der Waals surface area contributed by atoms with Gasteiger partial charge in [0.25, 0.3) is 0 Å². The number of benzene rings is 2. The van der Waals surface area contributed by atoms with Crippen LogP contribution in [0.1, 0.15) is 44.6 Å². The monoisotopic (exact) mass is 569 g/mol. The standard InChI is InChI=1S/C26H33Cl2N3O5S/c1-18(26(33)29-20-8-5-4-6-9-20)30(16-19-12-13-23(27)24(28)14-19)25(32)17-31(37(3,34)35)21-10-7-11-22(15-21)36-2/h7,10-15,18,20H,4-6,8-9,16-17H2,1-3H3,(H,29,33). The van der Waals surface area contributed by atoms with E-state index in [1.807, 2.05) is 0 Å². The lowest BCUT2D eigenvalue weighted by molar-refractivity contribution is -0.139. The molecule has 1 saturated carbocycles. The zero-order valence-electron chi connectivity index (χ0n) is 21.2. The molecule has 0 aliphatic heterocycles. The van der Waals surface area contributed by atoms with E-state index < -0.39 is 28.5 Å². The first-order valence-electron chi connectivity index (χ1n) is 12.1. The Kier molecular flexibility index (Phi) is 10.1. The number of amides is 2. The average molecular weight is 571 g/mol. The van der Waals surface area contributed by atoms with Gasteiger partial charge in [0.1, 0.15) is 18.3 Å². The molecular weight excluding hydrogens is 537 g/mol. The van der Waals surface area contributed by atoms with Crippen LogP contribution in [-0.2, 0) is 26.2 Å². The normalized spacial score (nSPS) is 15.1. The minimum absolute atomic E-state index is 0.0463. The van der Waals surface area contributed by atoms with Crippen molar-refractivity contribution in [1.29, 1.82) is 0 Å². The van der Waals surface area contributed by atoms with Crippen LogP contribution in [0.15, 0.2) is 42.5 Å². The van der Waals surface area contributed by atoms with Crippen molar-refractivity contribution in [2.75, 3.05) is 24.2 Å². The van der Waals surface area contributed by atoms with Crippen LogP contribution in [0, 0.1) is 0 Å². The van der Waals surface area contributed by atoms with Crippen molar-refractivity contribution >= 4 is 50.7 Å². The first-order chi connectivity index (χ1) is 17.5. The molecular formula is C26H33Cl2N3O5S. The molecule has 1 atom stereocenters. The fourth-order valence-corrected chi connectivity index (χ4v) is 5.53. The van der Waals surface area contributed by atoms with Crippen LogP contribution < -0.4 is 14.4 Å². The Morgan fingerprint density at radius 1 is 1.08 bits per heavy atom. The van der Waals surface area contributed by atoms with Gasteiger partial charge in [-0.25, -0.2) is 8.42 Å². The van der Waals surface area contributed by atoms with Gasteiger partial charge in [0.2, 0.25) is 21.8 Å². The van der Waals surface area contributed by atoms with Crippen LogP contribution >= 0.6 is 23.2 Å². The predicted molar refractivity (Wildman–Crippen MR) is 147 cm³/mol. The van der Waals surface area contributed by atoms with E-state index in [9.17, 15) is 18.0 Å². The summed E-state index contributed by atoms with van der Waals surface area (Å²) in [6.07, 6.45) is 6.08. The third-order valence-electron chi connectivity index (χ3n) is 6.48. The number of nitrogens with zero attached hydrogens (tertiary/aromatic N) is 2. The highest BCUT2D eigenvalue weighted by Crippen LogP contribution is 2.26. The molecule has 2 amide bonds. The van der Waals surface area contributed by atoms with Gasteiger partial charge < -0.3 is 15.0 Å². The number of hydrogen-bond acceptors (Lipinski definition) is 5. The van der Waals surface area contributed by atoms with Gasteiger partial charge in [-0.1, -0.05) is 54.6 Å². The molecule has 2 aromatic carbocycles. The van der Waals surface area contributed by atoms with Gasteiger partial charge in [0.05, 0.1) is 29.1 Å². The number of anilines is 1. The van der Waals surface area contributed by atoms with E-state index in [4.69, 9.17) is 27.9 Å². The second-order valence-electron chi connectivity index (χ2n) is 9.26. The summed E-state index contributed by atoms with van der Waals surface area (Å²) in [6, 6.07) is 10.6. The lowest BCUT2D eigenvalue weighted by Crippen LogP contribution is -2.52. The fraction of sp³-hybridized carbons (Fsp3) is 0.462. The molecule has 3 rings (SSSR count). The highest BCUT2D eigenvalue weighted by Gasteiger charge is 2.31. The molecule has 37 heavy (non-hydrogen) atoms. The highest BCUT2D eigenvalue weighted by molar-refractivity contribution is 7.92. The Labute approximate surface area is 228 Å². The highest BCUT2D eigenvalue weighted by atomic mass is 35.5. The smallest absolute Gasteiger partial charge is 0.244 e. The van der Waals surface area contributed by atoms with Crippen molar-refractivity contribution in [1.82, 2.24) is 10.2 Å². The van der Waals surface area contributed by atoms with Crippen LogP contribution in [0.4, 0.5) is 5.69 Å². The van der Waals surface area contributed by atoms with Crippen molar-refractivity contribution in [2.24, 2.45) is 0 Å². The molecule has 1 fully saturated rings. The van der Waals surface area contributed by atoms with Crippen LogP contribution in [0.25, 0.3) is 0 Å². The summed E-state index contributed by atoms with van der Waals surface area (Å²) >= 11 is 12.2. The number of sulfonamides is 1. The maximum Gasteiger partial charge on any atom is 0.244 e. The van der Waals surface area contributed by atoms with Crippen LogP contribution in [0.3, 0.4) is 0 Å². The summed E-state index contributed by atoms with van der Waals surface area (Å²) in [5.41, 5.74) is 0.941. The first kappa shape index (κ1) is 29.1. The number of halogens is 2. The third-order valence-corrected chi connectivity index (χ3v) is 8.36. The van der Waals surface area contributed by atoms with Crippen molar-refractivity contribution in [2.45, 2.75) is 57.7 Å². The topological polar surface area (TPSA) is 96.0 Å². The van der Waals surface area contributed by atoms with E-state index in [2.05, 4.69) is 5.32 Å². The number of nitrogens with one attached hydrogen (secondary N) is 1. The van der Waals surface area contributed by atoms with Gasteiger partial charge in [0, 0.05) is 18.7 Å². The quantitative estimate of drug-likeness (QED) is 0.449. The van der Waals surface area contributed by atoms with Crippen LogP contribution in [0.5, 0.6) is 5.75 Å². The summed E-state index contributed by atoms with van der Waals surface area (Å²) in [4.78, 5) is 28.2. The molecule has 202 valence electrons. The zero-order valence-corrected chi connectivity index (χ0v) is 23.6. The number of rotatable bonds is 10. The minimum atomic E-state index is -3.83. The molecule has 8 nitrogen and oxygen atoms in total. The van der Waals surface area contributed by atoms with Gasteiger partial charge in [-0.3, -0.25) is 13.9 Å². The van der Waals surface area contributed by atoms with Crippen molar-refractivity contribution < 1.29 is 22.7 Å². The Morgan fingerprint density at radius 2 is 1.78 bits per heavy atom. The Hall–Kier alpha value is -2.49. The molecule has 1 aliphatic rings. The summed E-state index contributed by atoms with van der Waals surface area (Å²) in [5, 5.41) is 3.75. The summed E-state index contributed by atoms with van der Waals surface area (Å²) in [7, 11) is -2.36. The van der Waals surface area contributed by atoms with Crippen molar-refractivity contribution in [3.63, 3.8) is 0 Å². The molecule has 1 unspecified atom stereocenters. The SMILES string of the molecule is COc1cccc(N(CC(=O)N(Cc2ccc(Cl)c(Cl)c2)C(C)C(=O)NC2CCCCC2)S(C)(=O)=O)c1. The molecule has 0 radical (unpaired) electrons. The molecule has 0 heterocycles. The number of methoxy groups -OCH3 is 1. The second-order valence-corrected chi connectivity index (χ2v) is 12.0. The number of carbonyl (C=O) groups excluding carboxylic acids is 2. The van der Waals surface area contributed by atoms with E-state index in [0.717, 1.165) is 42.7 Å². The van der Waals surface area contributed by atoms with Gasteiger partial charge in [0.15, 0.2) is 0 Å². The van der Waals surface area contributed by atoms with Crippen LogP contribution in [0.2, 0.25) is 10.0 Å². The molecule has 1 aliphatic carbocycles. The van der Waals surface area contributed by atoms with Gasteiger partial charge in [-0.2, -0.15) is 0 Å². The average Bonchev–Trinajstić information content (AvgIpc) is 2.87. The third kappa shape index (κ3) is 7.99. The maximum atomic E-state index is 13.7. The van der Waals surface area contributed by atoms with E-state index in [1.54, 1.807) is 43.3 Å². The summed E-state index contributed by atoms with van der Waals surface area (Å²) in [6.45, 7) is 1.20. The Bertz CT molecular complexity index is 1220. The van der Waals surface area contributed by atoms with E-state index in [0.29, 0.717) is 21.4 Å². The molecule has 0 saturated heterocycles. The molecule has 0 bridgehead atoms. The molecule has 0 aromatic heterocycles. The minimum Gasteiger partial charge on any atom is -0.497 e. The second kappa shape index (κ2) is 12.8. The van der Waals surface area contributed by atoms with Crippen molar-refractivity contribution in [3.8, 4) is 5.75 Å². The number of hydrogen-bond donors (Lipinski definition) is 1. The molecule has 1 N–H and O–H groups in total. The molecule has 2 aromatic rings. The predicted octanol–water partition coefficient (Wildman–Crippen LogP) is 4.63. The molecule has 11 heteroatoms. The van der Waals surface area contributed by atoms with Gasteiger partial charge in [-0.05, 0) is 49.6 Å². The lowest BCUT2D eigenvalue weighted by atomic mass is 9.95. The lowest BCUT2D eigenvalue weighted by Gasteiger charge is -2.33.